The van der Waals surface area contributed by atoms with Gasteiger partial charge in [-0.3, -0.25) is 9.59 Å². The Hall–Kier alpha value is -2.76. The van der Waals surface area contributed by atoms with Crippen LogP contribution in [0.25, 0.3) is 0 Å². The van der Waals surface area contributed by atoms with Crippen molar-refractivity contribution in [3.63, 3.8) is 0 Å². The Labute approximate surface area is 131 Å². The molecule has 118 valence electrons. The molecule has 1 saturated heterocycles. The van der Waals surface area contributed by atoms with Crippen LogP contribution >= 0.6 is 0 Å². The standard InChI is InChI=1S/C17H14F2N2O2/c18-12-3-1-11(2-4-12)17(23)20-14-9-16(22)21(10-14)15-7-5-13(19)6-8-15/h1-8,14H,9-10H2,(H,20,23)/t14-/m0/s1. The maximum Gasteiger partial charge on any atom is 0.251 e. The number of hydrogen-bond donors (Lipinski definition) is 1. The van der Waals surface area contributed by atoms with Gasteiger partial charge in [0.05, 0.1) is 6.04 Å². The fourth-order valence-electron chi connectivity index (χ4n) is 2.54. The molecule has 6 heteroatoms. The zero-order chi connectivity index (χ0) is 16.4. The van der Waals surface area contributed by atoms with Crippen LogP contribution in [0.1, 0.15) is 16.8 Å². The molecule has 0 bridgehead atoms. The van der Waals surface area contributed by atoms with Crippen LogP contribution in [0.4, 0.5) is 14.5 Å². The molecule has 1 N–H and O–H groups in total. The molecule has 1 aliphatic heterocycles. The molecule has 23 heavy (non-hydrogen) atoms. The molecule has 3 rings (SSSR count). The maximum absolute atomic E-state index is 12.9. The largest absolute Gasteiger partial charge is 0.347 e. The summed E-state index contributed by atoms with van der Waals surface area (Å²) in [7, 11) is 0. The molecule has 0 unspecified atom stereocenters. The molecule has 4 nitrogen and oxygen atoms in total. The van der Waals surface area contributed by atoms with E-state index in [1.54, 1.807) is 0 Å². The number of carbonyl (C=O) groups excluding carboxylic acids is 2. The maximum atomic E-state index is 12.9. The highest BCUT2D eigenvalue weighted by Gasteiger charge is 2.31. The molecule has 1 heterocycles. The third-order valence-electron chi connectivity index (χ3n) is 3.70. The highest BCUT2D eigenvalue weighted by molar-refractivity contribution is 5.98. The van der Waals surface area contributed by atoms with Crippen molar-refractivity contribution in [3.8, 4) is 0 Å². The van der Waals surface area contributed by atoms with Crippen molar-refractivity contribution in [1.29, 1.82) is 0 Å². The van der Waals surface area contributed by atoms with E-state index in [4.69, 9.17) is 0 Å². The smallest absolute Gasteiger partial charge is 0.251 e. The lowest BCUT2D eigenvalue weighted by Crippen LogP contribution is -2.37. The second-order valence-electron chi connectivity index (χ2n) is 5.36. The summed E-state index contributed by atoms with van der Waals surface area (Å²) in [6.07, 6.45) is 0.171. The fourth-order valence-corrected chi connectivity index (χ4v) is 2.54. The van der Waals surface area contributed by atoms with Crippen LogP contribution < -0.4 is 10.2 Å². The second-order valence-corrected chi connectivity index (χ2v) is 5.36. The first-order valence-corrected chi connectivity index (χ1v) is 7.15. The zero-order valence-electron chi connectivity index (χ0n) is 12.1. The van der Waals surface area contributed by atoms with Crippen molar-refractivity contribution in [3.05, 3.63) is 65.7 Å². The fraction of sp³-hybridized carbons (Fsp3) is 0.176. The lowest BCUT2D eigenvalue weighted by atomic mass is 10.2. The van der Waals surface area contributed by atoms with Gasteiger partial charge in [-0.1, -0.05) is 0 Å². The molecule has 0 aromatic heterocycles. The molecule has 0 aliphatic carbocycles. The predicted octanol–water partition coefficient (Wildman–Crippen LogP) is 2.50. The van der Waals surface area contributed by atoms with Gasteiger partial charge in [0.2, 0.25) is 5.91 Å². The van der Waals surface area contributed by atoms with Gasteiger partial charge in [-0.15, -0.1) is 0 Å². The van der Waals surface area contributed by atoms with Crippen molar-refractivity contribution in [2.75, 3.05) is 11.4 Å². The summed E-state index contributed by atoms with van der Waals surface area (Å²) in [5.41, 5.74) is 0.925. The molecule has 1 aliphatic rings. The lowest BCUT2D eigenvalue weighted by Gasteiger charge is -2.17. The van der Waals surface area contributed by atoms with E-state index in [1.165, 1.54) is 53.4 Å². The Morgan fingerprint density at radius 1 is 1.00 bits per heavy atom. The van der Waals surface area contributed by atoms with E-state index in [0.717, 1.165) is 0 Å². The zero-order valence-corrected chi connectivity index (χ0v) is 12.1. The van der Waals surface area contributed by atoms with Gasteiger partial charge in [0, 0.05) is 24.2 Å². The summed E-state index contributed by atoms with van der Waals surface area (Å²) < 4.78 is 25.8. The van der Waals surface area contributed by atoms with Gasteiger partial charge >= 0.3 is 0 Å². The molecule has 2 aromatic carbocycles. The van der Waals surface area contributed by atoms with E-state index in [9.17, 15) is 18.4 Å². The Balaban J connectivity index is 1.66. The van der Waals surface area contributed by atoms with Crippen LogP contribution in [-0.4, -0.2) is 24.4 Å². The topological polar surface area (TPSA) is 49.4 Å². The van der Waals surface area contributed by atoms with Crippen molar-refractivity contribution >= 4 is 17.5 Å². The highest BCUT2D eigenvalue weighted by Crippen LogP contribution is 2.22. The Kier molecular flexibility index (Phi) is 4.06. The first-order valence-electron chi connectivity index (χ1n) is 7.15. The van der Waals surface area contributed by atoms with Crippen LogP contribution in [0.3, 0.4) is 0 Å². The number of rotatable bonds is 3. The van der Waals surface area contributed by atoms with Crippen LogP contribution in [0.2, 0.25) is 0 Å². The SMILES string of the molecule is O=C(N[C@H]1CC(=O)N(c2ccc(F)cc2)C1)c1ccc(F)cc1. The first-order chi connectivity index (χ1) is 11.0. The number of amides is 2. The monoisotopic (exact) mass is 316 g/mol. The third-order valence-corrected chi connectivity index (χ3v) is 3.70. The van der Waals surface area contributed by atoms with Gasteiger partial charge in [0.1, 0.15) is 11.6 Å². The molecule has 1 atom stereocenters. The molecule has 2 aromatic rings. The summed E-state index contributed by atoms with van der Waals surface area (Å²) in [4.78, 5) is 25.7. The normalized spacial score (nSPS) is 17.4. The molecular weight excluding hydrogens is 302 g/mol. The van der Waals surface area contributed by atoms with Crippen molar-refractivity contribution < 1.29 is 18.4 Å². The summed E-state index contributed by atoms with van der Waals surface area (Å²) in [5.74, 6) is -1.29. The molecule has 1 fully saturated rings. The van der Waals surface area contributed by atoms with Crippen molar-refractivity contribution in [2.24, 2.45) is 0 Å². The number of hydrogen-bond acceptors (Lipinski definition) is 2. The number of nitrogens with one attached hydrogen (secondary N) is 1. The molecule has 0 spiro atoms. The molecular formula is C17H14F2N2O2. The Bertz CT molecular complexity index is 729. The minimum absolute atomic E-state index is 0.138. The van der Waals surface area contributed by atoms with Crippen LogP contribution in [0.5, 0.6) is 0 Å². The van der Waals surface area contributed by atoms with Crippen molar-refractivity contribution in [2.45, 2.75) is 12.5 Å². The minimum atomic E-state index is -0.417. The van der Waals surface area contributed by atoms with E-state index < -0.39 is 5.82 Å². The van der Waals surface area contributed by atoms with Gasteiger partial charge in [-0.05, 0) is 48.5 Å². The van der Waals surface area contributed by atoms with Crippen LogP contribution in [0.15, 0.2) is 48.5 Å². The Morgan fingerprint density at radius 3 is 2.17 bits per heavy atom. The Morgan fingerprint density at radius 2 is 1.57 bits per heavy atom. The molecule has 0 radical (unpaired) electrons. The van der Waals surface area contributed by atoms with Gasteiger partial charge < -0.3 is 10.2 Å². The molecule has 0 saturated carbocycles. The predicted molar refractivity (Wildman–Crippen MR) is 81.0 cm³/mol. The van der Waals surface area contributed by atoms with Crippen molar-refractivity contribution in [1.82, 2.24) is 5.32 Å². The van der Waals surface area contributed by atoms with E-state index in [0.29, 0.717) is 17.8 Å². The third kappa shape index (κ3) is 3.36. The number of anilines is 1. The number of carbonyl (C=O) groups is 2. The number of halogens is 2. The van der Waals surface area contributed by atoms with Gasteiger partial charge in [-0.2, -0.15) is 0 Å². The second kappa shape index (κ2) is 6.16. The summed E-state index contributed by atoms with van der Waals surface area (Å²) in [6, 6.07) is 10.5. The van der Waals surface area contributed by atoms with Crippen LogP contribution in [-0.2, 0) is 4.79 Å². The van der Waals surface area contributed by atoms with Gasteiger partial charge in [0.25, 0.3) is 5.91 Å². The number of benzene rings is 2. The minimum Gasteiger partial charge on any atom is -0.347 e. The highest BCUT2D eigenvalue weighted by atomic mass is 19.1. The summed E-state index contributed by atoms with van der Waals surface area (Å²) >= 11 is 0. The average Bonchev–Trinajstić information content (AvgIpc) is 2.89. The van der Waals surface area contributed by atoms with Gasteiger partial charge in [0.15, 0.2) is 0 Å². The van der Waals surface area contributed by atoms with Crippen LogP contribution in [0, 0.1) is 11.6 Å². The van der Waals surface area contributed by atoms with E-state index in [-0.39, 0.29) is 30.1 Å². The van der Waals surface area contributed by atoms with E-state index in [2.05, 4.69) is 5.32 Å². The van der Waals surface area contributed by atoms with E-state index in [1.807, 2.05) is 0 Å². The summed E-state index contributed by atoms with van der Waals surface area (Å²) in [5, 5.41) is 2.76. The quantitative estimate of drug-likeness (QED) is 0.946. The van der Waals surface area contributed by atoms with Gasteiger partial charge in [-0.25, -0.2) is 8.78 Å². The number of nitrogens with zero attached hydrogens (tertiary/aromatic N) is 1. The molecule has 2 amide bonds. The average molecular weight is 316 g/mol. The summed E-state index contributed by atoms with van der Waals surface area (Å²) in [6.45, 7) is 0.317. The lowest BCUT2D eigenvalue weighted by molar-refractivity contribution is -0.117. The van der Waals surface area contributed by atoms with E-state index >= 15 is 0 Å². The first kappa shape index (κ1) is 15.1.